The zero-order valence-electron chi connectivity index (χ0n) is 13.0. The number of hydrogen-bond donors (Lipinski definition) is 1. The number of amides is 1. The number of likely N-dealkylation sites (tertiary alicyclic amines) is 1. The third-order valence-electron chi connectivity index (χ3n) is 4.06. The number of nitrogens with zero attached hydrogens (tertiary/aromatic N) is 2. The summed E-state index contributed by atoms with van der Waals surface area (Å²) in [5.41, 5.74) is 0.337. The van der Waals surface area contributed by atoms with Gasteiger partial charge in [0.05, 0.1) is 11.8 Å². The molecule has 1 aliphatic heterocycles. The molecule has 1 saturated heterocycles. The van der Waals surface area contributed by atoms with E-state index in [-0.39, 0.29) is 18.0 Å². The first kappa shape index (κ1) is 15.7. The molecule has 1 aromatic heterocycles. The number of halogens is 1. The molecule has 116 valence electrons. The summed E-state index contributed by atoms with van der Waals surface area (Å²) in [4.78, 5) is 18.8. The molecule has 2 rings (SSSR count). The number of hydrogen-bond acceptors (Lipinski definition) is 3. The molecule has 0 unspecified atom stereocenters. The van der Waals surface area contributed by atoms with Crippen LogP contribution in [-0.4, -0.2) is 34.4 Å². The van der Waals surface area contributed by atoms with Gasteiger partial charge in [-0.05, 0) is 45.6 Å². The third kappa shape index (κ3) is 3.52. The highest BCUT2D eigenvalue weighted by atomic mass is 19.1. The topological polar surface area (TPSA) is 45.2 Å². The highest BCUT2D eigenvalue weighted by Gasteiger charge is 2.31. The number of carbonyl (C=O) groups excluding carboxylic acids is 1. The zero-order valence-corrected chi connectivity index (χ0v) is 13.0. The Hall–Kier alpha value is -1.65. The minimum atomic E-state index is -0.474. The molecule has 1 fully saturated rings. The van der Waals surface area contributed by atoms with Crippen LogP contribution in [0, 0.1) is 5.82 Å². The van der Waals surface area contributed by atoms with E-state index in [1.54, 1.807) is 0 Å². The van der Waals surface area contributed by atoms with Crippen molar-refractivity contribution in [3.8, 4) is 0 Å². The number of carbonyl (C=O) groups is 1. The molecule has 1 N–H and O–H groups in total. The second-order valence-corrected chi connectivity index (χ2v) is 5.82. The van der Waals surface area contributed by atoms with Gasteiger partial charge in [-0.1, -0.05) is 6.92 Å². The van der Waals surface area contributed by atoms with Gasteiger partial charge in [0.25, 0.3) is 5.91 Å². The Labute approximate surface area is 125 Å². The molecule has 2 heterocycles. The van der Waals surface area contributed by atoms with Crippen molar-refractivity contribution in [1.29, 1.82) is 0 Å². The molecular weight excluding hydrogens is 269 g/mol. The smallest absolute Gasteiger partial charge is 0.258 e. The van der Waals surface area contributed by atoms with Crippen LogP contribution < -0.4 is 5.32 Å². The van der Waals surface area contributed by atoms with Crippen LogP contribution in [0.25, 0.3) is 0 Å². The van der Waals surface area contributed by atoms with Crippen molar-refractivity contribution in [2.24, 2.45) is 0 Å². The van der Waals surface area contributed by atoms with Crippen molar-refractivity contribution in [1.82, 2.24) is 9.88 Å². The van der Waals surface area contributed by atoms with Crippen LogP contribution in [0.4, 0.5) is 10.2 Å². The fourth-order valence-electron chi connectivity index (χ4n) is 2.95. The first-order chi connectivity index (χ1) is 10.0. The van der Waals surface area contributed by atoms with Crippen LogP contribution in [0.15, 0.2) is 12.3 Å². The number of nitrogens with one attached hydrogen (secondary N) is 1. The maximum atomic E-state index is 13.5. The first-order valence-corrected chi connectivity index (χ1v) is 7.76. The summed E-state index contributed by atoms with van der Waals surface area (Å²) >= 11 is 0. The van der Waals surface area contributed by atoms with E-state index in [1.165, 1.54) is 6.07 Å². The number of anilines is 1. The van der Waals surface area contributed by atoms with Gasteiger partial charge in [0.2, 0.25) is 0 Å². The first-order valence-electron chi connectivity index (χ1n) is 7.76. The zero-order chi connectivity index (χ0) is 15.4. The molecule has 0 aromatic carbocycles. The van der Waals surface area contributed by atoms with Gasteiger partial charge in [-0.2, -0.15) is 0 Å². The van der Waals surface area contributed by atoms with E-state index < -0.39 is 5.82 Å². The lowest BCUT2D eigenvalue weighted by molar-refractivity contribution is 0.0511. The summed E-state index contributed by atoms with van der Waals surface area (Å²) in [5, 5.41) is 3.11. The average Bonchev–Trinajstić information content (AvgIpc) is 2.45. The predicted octanol–water partition coefficient (Wildman–Crippen LogP) is 3.45. The van der Waals surface area contributed by atoms with Gasteiger partial charge in [-0.25, -0.2) is 9.37 Å². The van der Waals surface area contributed by atoms with Gasteiger partial charge in [0.15, 0.2) is 0 Å². The van der Waals surface area contributed by atoms with Gasteiger partial charge in [-0.3, -0.25) is 4.79 Å². The number of pyridine rings is 1. The second kappa shape index (κ2) is 6.87. The molecule has 21 heavy (non-hydrogen) atoms. The molecule has 1 aromatic rings. The lowest BCUT2D eigenvalue weighted by Gasteiger charge is -2.39. The summed E-state index contributed by atoms with van der Waals surface area (Å²) in [6.07, 6.45) is 5.20. The normalized spacial score (nSPS) is 22.2. The van der Waals surface area contributed by atoms with E-state index in [4.69, 9.17) is 0 Å². The Kier molecular flexibility index (Phi) is 5.15. The molecule has 0 radical (unpaired) electrons. The highest BCUT2D eigenvalue weighted by molar-refractivity contribution is 5.99. The largest absolute Gasteiger partial charge is 0.369 e. The van der Waals surface area contributed by atoms with E-state index in [1.807, 2.05) is 11.8 Å². The summed E-state index contributed by atoms with van der Waals surface area (Å²) < 4.78 is 13.5. The number of aromatic nitrogens is 1. The quantitative estimate of drug-likeness (QED) is 0.925. The van der Waals surface area contributed by atoms with Crippen molar-refractivity contribution in [2.75, 3.05) is 11.9 Å². The minimum absolute atomic E-state index is 0.125. The van der Waals surface area contributed by atoms with Crippen LogP contribution in [0.2, 0.25) is 0 Å². The second-order valence-electron chi connectivity index (χ2n) is 5.82. The summed E-state index contributed by atoms with van der Waals surface area (Å²) in [6.45, 7) is 6.86. The number of piperidine rings is 1. The van der Waals surface area contributed by atoms with Crippen LogP contribution in [-0.2, 0) is 0 Å². The molecule has 4 nitrogen and oxygen atoms in total. The van der Waals surface area contributed by atoms with Gasteiger partial charge < -0.3 is 10.2 Å². The van der Waals surface area contributed by atoms with Crippen molar-refractivity contribution in [3.63, 3.8) is 0 Å². The minimum Gasteiger partial charge on any atom is -0.369 e. The van der Waals surface area contributed by atoms with E-state index in [9.17, 15) is 9.18 Å². The van der Waals surface area contributed by atoms with Gasteiger partial charge in [-0.15, -0.1) is 0 Å². The lowest BCUT2D eigenvalue weighted by Crippen LogP contribution is -2.47. The molecule has 5 heteroatoms. The monoisotopic (exact) mass is 293 g/mol. The van der Waals surface area contributed by atoms with Gasteiger partial charge in [0.1, 0.15) is 11.6 Å². The summed E-state index contributed by atoms with van der Waals surface area (Å²) in [5.74, 6) is -0.119. The Bertz CT molecular complexity index is 496. The van der Waals surface area contributed by atoms with Gasteiger partial charge in [0, 0.05) is 18.6 Å². The standard InChI is InChI=1S/C16H24FN3O/c1-4-8-18-15-14(9-13(17)10-19-15)16(21)20-11(2)6-5-7-12(20)3/h9-12H,4-8H2,1-3H3,(H,18,19)/t11-,12+. The van der Waals surface area contributed by atoms with Crippen LogP contribution in [0.3, 0.4) is 0 Å². The van der Waals surface area contributed by atoms with Crippen molar-refractivity contribution in [2.45, 2.75) is 58.5 Å². The average molecular weight is 293 g/mol. The molecule has 1 aliphatic rings. The van der Waals surface area contributed by atoms with Crippen molar-refractivity contribution < 1.29 is 9.18 Å². The van der Waals surface area contributed by atoms with Gasteiger partial charge >= 0.3 is 0 Å². The Balaban J connectivity index is 2.30. The Morgan fingerprint density at radius 3 is 2.71 bits per heavy atom. The van der Waals surface area contributed by atoms with E-state index in [0.29, 0.717) is 17.9 Å². The molecule has 2 atom stereocenters. The van der Waals surface area contributed by atoms with E-state index >= 15 is 0 Å². The molecule has 1 amide bonds. The molecule has 0 aliphatic carbocycles. The summed E-state index contributed by atoms with van der Waals surface area (Å²) in [6, 6.07) is 1.66. The molecule has 0 bridgehead atoms. The molecular formula is C16H24FN3O. The summed E-state index contributed by atoms with van der Waals surface area (Å²) in [7, 11) is 0. The van der Waals surface area contributed by atoms with Crippen molar-refractivity contribution >= 4 is 11.7 Å². The fourth-order valence-corrected chi connectivity index (χ4v) is 2.95. The van der Waals surface area contributed by atoms with Crippen molar-refractivity contribution in [3.05, 3.63) is 23.6 Å². The Morgan fingerprint density at radius 1 is 1.43 bits per heavy atom. The van der Waals surface area contributed by atoms with E-state index in [0.717, 1.165) is 31.9 Å². The van der Waals surface area contributed by atoms with E-state index in [2.05, 4.69) is 24.1 Å². The third-order valence-corrected chi connectivity index (χ3v) is 4.06. The Morgan fingerprint density at radius 2 is 2.10 bits per heavy atom. The fraction of sp³-hybridized carbons (Fsp3) is 0.625. The highest BCUT2D eigenvalue weighted by Crippen LogP contribution is 2.26. The molecule has 0 saturated carbocycles. The van der Waals surface area contributed by atoms with Crippen LogP contribution >= 0.6 is 0 Å². The van der Waals surface area contributed by atoms with Crippen LogP contribution in [0.5, 0.6) is 0 Å². The number of rotatable bonds is 4. The SMILES string of the molecule is CCCNc1ncc(F)cc1C(=O)N1[C@H](C)CCC[C@@H]1C. The van der Waals surface area contributed by atoms with Crippen LogP contribution in [0.1, 0.15) is 56.8 Å². The lowest BCUT2D eigenvalue weighted by atomic mass is 9.96. The maximum Gasteiger partial charge on any atom is 0.258 e. The molecule has 0 spiro atoms. The predicted molar refractivity (Wildman–Crippen MR) is 81.9 cm³/mol. The maximum absolute atomic E-state index is 13.5.